The van der Waals surface area contributed by atoms with Crippen LogP contribution in [-0.2, 0) is 4.79 Å². The van der Waals surface area contributed by atoms with Crippen molar-refractivity contribution in [1.82, 2.24) is 5.32 Å². The SMILES string of the molecule is CNC(=O)CCNc1ccc(N)c(N)c1. The van der Waals surface area contributed by atoms with E-state index < -0.39 is 0 Å². The number of carbonyl (C=O) groups is 1. The Kier molecular flexibility index (Phi) is 3.79. The molecule has 1 aromatic rings. The van der Waals surface area contributed by atoms with Gasteiger partial charge in [0.05, 0.1) is 11.4 Å². The number of amides is 1. The summed E-state index contributed by atoms with van der Waals surface area (Å²) in [4.78, 5) is 10.9. The fraction of sp³-hybridized carbons (Fsp3) is 0.300. The quantitative estimate of drug-likeness (QED) is 0.539. The third-order valence-electron chi connectivity index (χ3n) is 2.05. The molecular weight excluding hydrogens is 192 g/mol. The average molecular weight is 208 g/mol. The lowest BCUT2D eigenvalue weighted by Crippen LogP contribution is -2.20. The van der Waals surface area contributed by atoms with Crippen LogP contribution in [0.4, 0.5) is 17.1 Å². The summed E-state index contributed by atoms with van der Waals surface area (Å²) in [6.07, 6.45) is 0.431. The molecule has 0 aromatic heterocycles. The minimum Gasteiger partial charge on any atom is -0.397 e. The molecule has 6 N–H and O–H groups in total. The van der Waals surface area contributed by atoms with Gasteiger partial charge in [-0.15, -0.1) is 0 Å². The van der Waals surface area contributed by atoms with Crippen molar-refractivity contribution in [3.05, 3.63) is 18.2 Å². The topological polar surface area (TPSA) is 93.2 Å². The van der Waals surface area contributed by atoms with Crippen LogP contribution in [0.5, 0.6) is 0 Å². The van der Waals surface area contributed by atoms with Crippen molar-refractivity contribution < 1.29 is 4.79 Å². The van der Waals surface area contributed by atoms with E-state index >= 15 is 0 Å². The molecule has 1 aromatic carbocycles. The maximum Gasteiger partial charge on any atom is 0.221 e. The molecule has 0 aliphatic heterocycles. The molecule has 82 valence electrons. The van der Waals surface area contributed by atoms with Gasteiger partial charge in [-0.05, 0) is 18.2 Å². The summed E-state index contributed by atoms with van der Waals surface area (Å²) in [6, 6.07) is 5.31. The Bertz CT molecular complexity index is 351. The van der Waals surface area contributed by atoms with Gasteiger partial charge in [0.15, 0.2) is 0 Å². The van der Waals surface area contributed by atoms with Gasteiger partial charge in [-0.2, -0.15) is 0 Å². The van der Waals surface area contributed by atoms with Crippen molar-refractivity contribution in [3.63, 3.8) is 0 Å². The molecule has 0 fully saturated rings. The van der Waals surface area contributed by atoms with Crippen molar-refractivity contribution in [2.75, 3.05) is 30.4 Å². The number of rotatable bonds is 4. The highest BCUT2D eigenvalue weighted by Gasteiger charge is 1.99. The largest absolute Gasteiger partial charge is 0.397 e. The highest BCUT2D eigenvalue weighted by Crippen LogP contribution is 2.19. The van der Waals surface area contributed by atoms with Crippen LogP contribution in [0.2, 0.25) is 0 Å². The standard InChI is InChI=1S/C10H16N4O/c1-13-10(15)4-5-14-7-2-3-8(11)9(12)6-7/h2-3,6,14H,4-5,11-12H2,1H3,(H,13,15). The maximum absolute atomic E-state index is 10.9. The van der Waals surface area contributed by atoms with E-state index in [9.17, 15) is 4.79 Å². The first-order chi connectivity index (χ1) is 7.13. The lowest BCUT2D eigenvalue weighted by Gasteiger charge is -2.07. The molecule has 0 bridgehead atoms. The van der Waals surface area contributed by atoms with Gasteiger partial charge in [-0.1, -0.05) is 0 Å². The van der Waals surface area contributed by atoms with Gasteiger partial charge >= 0.3 is 0 Å². The Labute approximate surface area is 88.8 Å². The highest BCUT2D eigenvalue weighted by molar-refractivity contribution is 5.76. The normalized spacial score (nSPS) is 9.67. The third-order valence-corrected chi connectivity index (χ3v) is 2.05. The van der Waals surface area contributed by atoms with E-state index in [2.05, 4.69) is 10.6 Å². The van der Waals surface area contributed by atoms with E-state index in [1.54, 1.807) is 19.2 Å². The van der Waals surface area contributed by atoms with Crippen molar-refractivity contribution in [1.29, 1.82) is 0 Å². The number of carbonyl (C=O) groups excluding carboxylic acids is 1. The third kappa shape index (κ3) is 3.38. The van der Waals surface area contributed by atoms with E-state index in [1.807, 2.05) is 6.07 Å². The molecule has 0 atom stereocenters. The average Bonchev–Trinajstić information content (AvgIpc) is 2.23. The monoisotopic (exact) mass is 208 g/mol. The first-order valence-electron chi connectivity index (χ1n) is 4.73. The smallest absolute Gasteiger partial charge is 0.221 e. The second kappa shape index (κ2) is 5.09. The zero-order chi connectivity index (χ0) is 11.3. The second-order valence-corrected chi connectivity index (χ2v) is 3.19. The van der Waals surface area contributed by atoms with Crippen LogP contribution in [0.1, 0.15) is 6.42 Å². The Morgan fingerprint density at radius 2 is 2.07 bits per heavy atom. The molecule has 0 radical (unpaired) electrons. The van der Waals surface area contributed by atoms with Gasteiger partial charge < -0.3 is 22.1 Å². The Morgan fingerprint density at radius 1 is 1.33 bits per heavy atom. The molecule has 0 aliphatic rings. The molecule has 1 rings (SSSR count). The molecule has 0 spiro atoms. The fourth-order valence-corrected chi connectivity index (χ4v) is 1.13. The summed E-state index contributed by atoms with van der Waals surface area (Å²) < 4.78 is 0. The van der Waals surface area contributed by atoms with Gasteiger partial charge in [0.2, 0.25) is 5.91 Å². The van der Waals surface area contributed by atoms with Crippen LogP contribution in [0.25, 0.3) is 0 Å². The van der Waals surface area contributed by atoms with E-state index in [0.717, 1.165) is 5.69 Å². The summed E-state index contributed by atoms with van der Waals surface area (Å²) in [5.74, 6) is 0.00548. The van der Waals surface area contributed by atoms with Crippen molar-refractivity contribution in [3.8, 4) is 0 Å². The van der Waals surface area contributed by atoms with Gasteiger partial charge in [0.25, 0.3) is 0 Å². The van der Waals surface area contributed by atoms with E-state index in [0.29, 0.717) is 24.3 Å². The Morgan fingerprint density at radius 3 is 2.67 bits per heavy atom. The number of hydrogen-bond acceptors (Lipinski definition) is 4. The predicted octanol–water partition coefficient (Wildman–Crippen LogP) is 0.399. The number of nitrogen functional groups attached to an aromatic ring is 2. The minimum absolute atomic E-state index is 0.00548. The highest BCUT2D eigenvalue weighted by atomic mass is 16.1. The van der Waals surface area contributed by atoms with Gasteiger partial charge in [0.1, 0.15) is 0 Å². The lowest BCUT2D eigenvalue weighted by atomic mass is 10.2. The zero-order valence-electron chi connectivity index (χ0n) is 8.71. The van der Waals surface area contributed by atoms with E-state index in [4.69, 9.17) is 11.5 Å². The second-order valence-electron chi connectivity index (χ2n) is 3.19. The zero-order valence-corrected chi connectivity index (χ0v) is 8.71. The van der Waals surface area contributed by atoms with Crippen molar-refractivity contribution >= 4 is 23.0 Å². The summed E-state index contributed by atoms with van der Waals surface area (Å²) in [7, 11) is 1.61. The van der Waals surface area contributed by atoms with Crippen molar-refractivity contribution in [2.24, 2.45) is 0 Å². The molecular formula is C10H16N4O. The first-order valence-corrected chi connectivity index (χ1v) is 4.73. The lowest BCUT2D eigenvalue weighted by molar-refractivity contribution is -0.120. The molecule has 0 aliphatic carbocycles. The van der Waals surface area contributed by atoms with Gasteiger partial charge in [-0.25, -0.2) is 0 Å². The summed E-state index contributed by atoms with van der Waals surface area (Å²) in [6.45, 7) is 0.572. The molecule has 0 heterocycles. The molecule has 0 saturated carbocycles. The van der Waals surface area contributed by atoms with Crippen LogP contribution in [-0.4, -0.2) is 19.5 Å². The molecule has 5 nitrogen and oxygen atoms in total. The van der Waals surface area contributed by atoms with E-state index in [-0.39, 0.29) is 5.91 Å². The molecule has 0 saturated heterocycles. The summed E-state index contributed by atoms with van der Waals surface area (Å²) in [5, 5.41) is 5.63. The number of benzene rings is 1. The number of nitrogens with one attached hydrogen (secondary N) is 2. The Balaban J connectivity index is 2.44. The fourth-order valence-electron chi connectivity index (χ4n) is 1.13. The van der Waals surface area contributed by atoms with E-state index in [1.165, 1.54) is 0 Å². The predicted molar refractivity (Wildman–Crippen MR) is 62.4 cm³/mol. The summed E-state index contributed by atoms with van der Waals surface area (Å²) in [5.41, 5.74) is 13.2. The summed E-state index contributed by atoms with van der Waals surface area (Å²) >= 11 is 0. The van der Waals surface area contributed by atoms with Gasteiger partial charge in [0, 0.05) is 25.7 Å². The Hall–Kier alpha value is -1.91. The molecule has 5 heteroatoms. The maximum atomic E-state index is 10.9. The number of nitrogens with two attached hydrogens (primary N) is 2. The number of hydrogen-bond donors (Lipinski definition) is 4. The van der Waals surface area contributed by atoms with Crippen molar-refractivity contribution in [2.45, 2.75) is 6.42 Å². The molecule has 1 amide bonds. The van der Waals surface area contributed by atoms with Crippen LogP contribution in [0.15, 0.2) is 18.2 Å². The van der Waals surface area contributed by atoms with Crippen LogP contribution < -0.4 is 22.1 Å². The number of anilines is 3. The molecule has 0 unspecified atom stereocenters. The minimum atomic E-state index is 0.00548. The van der Waals surface area contributed by atoms with Gasteiger partial charge in [-0.3, -0.25) is 4.79 Å². The van der Waals surface area contributed by atoms with Crippen LogP contribution in [0, 0.1) is 0 Å². The first kappa shape index (κ1) is 11.2. The van der Waals surface area contributed by atoms with Crippen LogP contribution >= 0.6 is 0 Å². The molecule has 15 heavy (non-hydrogen) atoms. The van der Waals surface area contributed by atoms with Crippen LogP contribution in [0.3, 0.4) is 0 Å².